The van der Waals surface area contributed by atoms with Crippen LogP contribution in [0.15, 0.2) is 30.3 Å². The Morgan fingerprint density at radius 3 is 2.47 bits per heavy atom. The first kappa shape index (κ1) is 15.9. The molecule has 2 unspecified atom stereocenters. The fourth-order valence-corrected chi connectivity index (χ4v) is 3.32. The van der Waals surface area contributed by atoms with Crippen molar-refractivity contribution in [3.8, 4) is 0 Å². The van der Waals surface area contributed by atoms with E-state index in [1.54, 1.807) is 6.92 Å². The Morgan fingerprint density at radius 1 is 1.21 bits per heavy atom. The maximum Gasteiger partial charge on any atom is 0.326 e. The van der Waals surface area contributed by atoms with Crippen molar-refractivity contribution in [2.45, 2.75) is 38.4 Å². The summed E-state index contributed by atoms with van der Waals surface area (Å²) in [7, 11) is -1.22. The molecule has 4 heteroatoms. The van der Waals surface area contributed by atoms with Crippen LogP contribution in [-0.4, -0.2) is 22.5 Å². The molecular formula is C15H22O3S. The van der Waals surface area contributed by atoms with Crippen LogP contribution in [-0.2, 0) is 20.3 Å². The summed E-state index contributed by atoms with van der Waals surface area (Å²) in [5, 5.41) is -0.655. The molecule has 3 nitrogen and oxygen atoms in total. The summed E-state index contributed by atoms with van der Waals surface area (Å²) in [6.45, 7) is 4.18. The average molecular weight is 282 g/mol. The Hall–Kier alpha value is -1.16. The van der Waals surface area contributed by atoms with E-state index in [-0.39, 0.29) is 5.97 Å². The predicted octanol–water partition coefficient (Wildman–Crippen LogP) is 3.23. The highest BCUT2D eigenvalue weighted by Gasteiger charge is 2.27. The second-order valence-electron chi connectivity index (χ2n) is 4.33. The molecule has 0 radical (unpaired) electrons. The number of hydrogen-bond donors (Lipinski definition) is 0. The van der Waals surface area contributed by atoms with Crippen molar-refractivity contribution in [3.05, 3.63) is 35.9 Å². The van der Waals surface area contributed by atoms with E-state index in [0.29, 0.717) is 12.4 Å². The zero-order valence-corrected chi connectivity index (χ0v) is 12.4. The van der Waals surface area contributed by atoms with Gasteiger partial charge >= 0.3 is 5.97 Å². The molecule has 0 N–H and O–H groups in total. The molecule has 1 rings (SSSR count). The van der Waals surface area contributed by atoms with Crippen molar-refractivity contribution >= 4 is 16.8 Å². The number of hydrogen-bond acceptors (Lipinski definition) is 3. The van der Waals surface area contributed by atoms with E-state index in [4.69, 9.17) is 4.74 Å². The highest BCUT2D eigenvalue weighted by molar-refractivity contribution is 7.86. The highest BCUT2D eigenvalue weighted by atomic mass is 32.2. The molecule has 0 saturated heterocycles. The number of benzene rings is 1. The monoisotopic (exact) mass is 282 g/mol. The molecule has 0 heterocycles. The van der Waals surface area contributed by atoms with Crippen LogP contribution in [0, 0.1) is 0 Å². The Kier molecular flexibility index (Phi) is 7.41. The van der Waals surface area contributed by atoms with Crippen LogP contribution in [0.5, 0.6) is 0 Å². The smallest absolute Gasteiger partial charge is 0.326 e. The molecule has 0 aliphatic carbocycles. The highest BCUT2D eigenvalue weighted by Crippen LogP contribution is 2.22. The van der Waals surface area contributed by atoms with Gasteiger partial charge in [-0.1, -0.05) is 50.1 Å². The summed E-state index contributed by atoms with van der Waals surface area (Å²) < 4.78 is 17.4. The SMILES string of the molecule is CCCCCS(=O)C(C(=O)OCC)c1ccccc1. The predicted molar refractivity (Wildman–Crippen MR) is 78.4 cm³/mol. The first-order valence-corrected chi connectivity index (χ1v) is 8.17. The lowest BCUT2D eigenvalue weighted by Gasteiger charge is -2.15. The van der Waals surface area contributed by atoms with Crippen molar-refractivity contribution in [1.82, 2.24) is 0 Å². The van der Waals surface area contributed by atoms with E-state index in [1.165, 1.54) is 0 Å². The van der Waals surface area contributed by atoms with Crippen molar-refractivity contribution in [1.29, 1.82) is 0 Å². The van der Waals surface area contributed by atoms with Gasteiger partial charge in [0.1, 0.15) is 0 Å². The van der Waals surface area contributed by atoms with Crippen LogP contribution in [0.1, 0.15) is 43.9 Å². The molecule has 0 fully saturated rings. The van der Waals surface area contributed by atoms with Gasteiger partial charge in [0.05, 0.1) is 6.61 Å². The zero-order chi connectivity index (χ0) is 14.1. The van der Waals surface area contributed by atoms with Crippen LogP contribution in [0.4, 0.5) is 0 Å². The van der Waals surface area contributed by atoms with E-state index in [9.17, 15) is 9.00 Å². The van der Waals surface area contributed by atoms with Crippen LogP contribution >= 0.6 is 0 Å². The van der Waals surface area contributed by atoms with Gasteiger partial charge in [-0.2, -0.15) is 0 Å². The lowest BCUT2D eigenvalue weighted by molar-refractivity contribution is -0.142. The topological polar surface area (TPSA) is 43.4 Å². The number of rotatable bonds is 8. The number of unbranched alkanes of at least 4 members (excludes halogenated alkanes) is 2. The zero-order valence-electron chi connectivity index (χ0n) is 11.6. The second kappa shape index (κ2) is 8.86. The minimum atomic E-state index is -1.22. The first-order valence-electron chi connectivity index (χ1n) is 6.79. The number of ether oxygens (including phenoxy) is 1. The largest absolute Gasteiger partial charge is 0.465 e. The molecule has 0 aromatic heterocycles. The summed E-state index contributed by atoms with van der Waals surface area (Å²) in [6.07, 6.45) is 2.99. The maximum atomic E-state index is 12.3. The normalized spacial score (nSPS) is 13.8. The molecule has 1 aromatic carbocycles. The van der Waals surface area contributed by atoms with Crippen molar-refractivity contribution in [2.24, 2.45) is 0 Å². The average Bonchev–Trinajstić information content (AvgIpc) is 2.41. The van der Waals surface area contributed by atoms with E-state index in [1.807, 2.05) is 30.3 Å². The summed E-state index contributed by atoms with van der Waals surface area (Å²) in [6, 6.07) is 9.25. The molecule has 1 aromatic rings. The van der Waals surface area contributed by atoms with Crippen molar-refractivity contribution in [2.75, 3.05) is 12.4 Å². The van der Waals surface area contributed by atoms with Gasteiger partial charge in [0, 0.05) is 16.6 Å². The second-order valence-corrected chi connectivity index (χ2v) is 5.98. The van der Waals surface area contributed by atoms with E-state index >= 15 is 0 Å². The third-order valence-corrected chi connectivity index (χ3v) is 4.50. The van der Waals surface area contributed by atoms with Gasteiger partial charge in [-0.25, -0.2) is 0 Å². The van der Waals surface area contributed by atoms with E-state index in [2.05, 4.69) is 6.92 Å². The summed E-state index contributed by atoms with van der Waals surface area (Å²) >= 11 is 0. The fraction of sp³-hybridized carbons (Fsp3) is 0.533. The molecule has 0 saturated carbocycles. The van der Waals surface area contributed by atoms with Gasteiger partial charge < -0.3 is 4.74 Å². The van der Waals surface area contributed by atoms with Crippen LogP contribution in [0.3, 0.4) is 0 Å². The van der Waals surface area contributed by atoms with Gasteiger partial charge in [0.2, 0.25) is 0 Å². The molecule has 0 spiro atoms. The lowest BCUT2D eigenvalue weighted by Crippen LogP contribution is -2.22. The number of esters is 1. The molecule has 106 valence electrons. The minimum absolute atomic E-state index is 0.314. The molecule has 19 heavy (non-hydrogen) atoms. The van der Waals surface area contributed by atoms with E-state index in [0.717, 1.165) is 24.8 Å². The van der Waals surface area contributed by atoms with Gasteiger partial charge in [-0.15, -0.1) is 0 Å². The summed E-state index contributed by atoms with van der Waals surface area (Å²) in [4.78, 5) is 12.0. The van der Waals surface area contributed by atoms with Gasteiger partial charge in [-0.05, 0) is 18.9 Å². The summed E-state index contributed by atoms with van der Waals surface area (Å²) in [5.74, 6) is 0.162. The number of carbonyl (C=O) groups is 1. The molecular weight excluding hydrogens is 260 g/mol. The molecule has 0 amide bonds. The Balaban J connectivity index is 2.81. The lowest BCUT2D eigenvalue weighted by atomic mass is 10.1. The Labute approximate surface area is 117 Å². The molecule has 0 bridgehead atoms. The van der Waals surface area contributed by atoms with Crippen molar-refractivity contribution < 1.29 is 13.7 Å². The van der Waals surface area contributed by atoms with Crippen molar-refractivity contribution in [3.63, 3.8) is 0 Å². The van der Waals surface area contributed by atoms with Gasteiger partial charge in [0.25, 0.3) is 0 Å². The van der Waals surface area contributed by atoms with Crippen LogP contribution < -0.4 is 0 Å². The minimum Gasteiger partial charge on any atom is -0.465 e. The van der Waals surface area contributed by atoms with Crippen LogP contribution in [0.2, 0.25) is 0 Å². The Morgan fingerprint density at radius 2 is 1.89 bits per heavy atom. The quantitative estimate of drug-likeness (QED) is 0.543. The molecule has 2 atom stereocenters. The summed E-state index contributed by atoms with van der Waals surface area (Å²) in [5.41, 5.74) is 0.774. The van der Waals surface area contributed by atoms with Gasteiger partial charge in [0.15, 0.2) is 5.25 Å². The third kappa shape index (κ3) is 5.15. The third-order valence-electron chi connectivity index (χ3n) is 2.81. The number of carbonyl (C=O) groups excluding carboxylic acids is 1. The molecule has 0 aliphatic rings. The van der Waals surface area contributed by atoms with E-state index < -0.39 is 16.0 Å². The Bertz CT molecular complexity index is 403. The standard InChI is InChI=1S/C15H22O3S/c1-3-5-9-12-19(17)14(15(16)18-4-2)13-10-7-6-8-11-13/h6-8,10-11,14H,3-5,9,12H2,1-2H3. The van der Waals surface area contributed by atoms with Gasteiger partial charge in [-0.3, -0.25) is 9.00 Å². The molecule has 0 aliphatic heterocycles. The maximum absolute atomic E-state index is 12.3. The first-order chi connectivity index (χ1) is 9.20. The van der Waals surface area contributed by atoms with Crippen LogP contribution in [0.25, 0.3) is 0 Å². The fourth-order valence-electron chi connectivity index (χ4n) is 1.85.